The van der Waals surface area contributed by atoms with Crippen molar-refractivity contribution in [3.8, 4) is 0 Å². The topological polar surface area (TPSA) is 90.8 Å². The van der Waals surface area contributed by atoms with Crippen LogP contribution in [-0.4, -0.2) is 32.0 Å². The standard InChI is InChI=1S/C13H19ClN6O/c1-3-19-12(11(15)8-18-19)13(21)16-5-4-6-20-9(2)10(14)7-17-20/h7-8H,3-6,15H2,1-2H3,(H,16,21). The normalized spacial score (nSPS) is 10.8. The van der Waals surface area contributed by atoms with Crippen LogP contribution in [0.1, 0.15) is 29.5 Å². The average molecular weight is 311 g/mol. The van der Waals surface area contributed by atoms with E-state index in [4.69, 9.17) is 17.3 Å². The van der Waals surface area contributed by atoms with Crippen molar-refractivity contribution in [2.75, 3.05) is 12.3 Å². The van der Waals surface area contributed by atoms with Crippen LogP contribution >= 0.6 is 11.6 Å². The zero-order valence-electron chi connectivity index (χ0n) is 12.1. The Labute approximate surface area is 128 Å². The average Bonchev–Trinajstić information content (AvgIpc) is 2.99. The molecule has 0 bridgehead atoms. The fraction of sp³-hybridized carbons (Fsp3) is 0.462. The lowest BCUT2D eigenvalue weighted by Crippen LogP contribution is -2.28. The third-order valence-electron chi connectivity index (χ3n) is 3.26. The lowest BCUT2D eigenvalue weighted by atomic mass is 10.3. The minimum atomic E-state index is -0.206. The maximum Gasteiger partial charge on any atom is 0.271 e. The molecule has 0 unspecified atom stereocenters. The Kier molecular flexibility index (Phi) is 4.85. The van der Waals surface area contributed by atoms with Crippen molar-refractivity contribution in [2.45, 2.75) is 33.4 Å². The number of carbonyl (C=O) groups excluding carboxylic acids is 1. The largest absolute Gasteiger partial charge is 0.396 e. The van der Waals surface area contributed by atoms with Crippen LogP contribution in [0.3, 0.4) is 0 Å². The summed E-state index contributed by atoms with van der Waals surface area (Å²) in [4.78, 5) is 12.1. The molecule has 0 spiro atoms. The lowest BCUT2D eigenvalue weighted by molar-refractivity contribution is 0.0943. The van der Waals surface area contributed by atoms with E-state index < -0.39 is 0 Å². The predicted octanol–water partition coefficient (Wildman–Crippen LogP) is 1.46. The highest BCUT2D eigenvalue weighted by molar-refractivity contribution is 6.31. The van der Waals surface area contributed by atoms with Gasteiger partial charge in [0.1, 0.15) is 5.69 Å². The summed E-state index contributed by atoms with van der Waals surface area (Å²) in [6.45, 7) is 5.65. The van der Waals surface area contributed by atoms with Crippen LogP contribution in [0, 0.1) is 6.92 Å². The minimum absolute atomic E-state index is 0.206. The number of aryl methyl sites for hydroxylation is 2. The number of anilines is 1. The van der Waals surface area contributed by atoms with E-state index in [1.165, 1.54) is 6.20 Å². The fourth-order valence-corrected chi connectivity index (χ4v) is 2.19. The summed E-state index contributed by atoms with van der Waals surface area (Å²) in [6, 6.07) is 0. The van der Waals surface area contributed by atoms with Crippen LogP contribution in [0.5, 0.6) is 0 Å². The van der Waals surface area contributed by atoms with E-state index in [0.717, 1.165) is 12.1 Å². The molecular weight excluding hydrogens is 292 g/mol. The summed E-state index contributed by atoms with van der Waals surface area (Å²) < 4.78 is 3.40. The maximum absolute atomic E-state index is 12.1. The van der Waals surface area contributed by atoms with E-state index in [1.807, 2.05) is 18.5 Å². The summed E-state index contributed by atoms with van der Waals surface area (Å²) in [6.07, 6.45) is 3.87. The van der Waals surface area contributed by atoms with Crippen molar-refractivity contribution in [3.63, 3.8) is 0 Å². The second kappa shape index (κ2) is 6.62. The Morgan fingerprint density at radius 3 is 2.71 bits per heavy atom. The van der Waals surface area contributed by atoms with Gasteiger partial charge >= 0.3 is 0 Å². The zero-order valence-corrected chi connectivity index (χ0v) is 12.9. The highest BCUT2D eigenvalue weighted by Gasteiger charge is 2.15. The molecular formula is C13H19ClN6O. The number of amides is 1. The van der Waals surface area contributed by atoms with Crippen LogP contribution in [0.4, 0.5) is 5.69 Å². The van der Waals surface area contributed by atoms with Crippen molar-refractivity contribution in [3.05, 3.63) is 28.8 Å². The van der Waals surface area contributed by atoms with Gasteiger partial charge in [-0.25, -0.2) is 0 Å². The summed E-state index contributed by atoms with van der Waals surface area (Å²) in [5.74, 6) is -0.206. The molecule has 0 aliphatic heterocycles. The van der Waals surface area contributed by atoms with Gasteiger partial charge in [-0.3, -0.25) is 14.2 Å². The summed E-state index contributed by atoms with van der Waals surface area (Å²) in [5, 5.41) is 11.7. The Hall–Kier alpha value is -2.02. The molecule has 0 fully saturated rings. The summed E-state index contributed by atoms with van der Waals surface area (Å²) in [5.41, 5.74) is 7.50. The maximum atomic E-state index is 12.1. The van der Waals surface area contributed by atoms with Gasteiger partial charge in [0.25, 0.3) is 5.91 Å². The van der Waals surface area contributed by atoms with Gasteiger partial charge in [-0.05, 0) is 20.3 Å². The monoisotopic (exact) mass is 310 g/mol. The van der Waals surface area contributed by atoms with Gasteiger partial charge in [0.15, 0.2) is 0 Å². The van der Waals surface area contributed by atoms with Gasteiger partial charge in [-0.15, -0.1) is 0 Å². The first-order valence-electron chi connectivity index (χ1n) is 6.82. The summed E-state index contributed by atoms with van der Waals surface area (Å²) >= 11 is 5.93. The molecule has 7 nitrogen and oxygen atoms in total. The number of hydrogen-bond donors (Lipinski definition) is 2. The van der Waals surface area contributed by atoms with Crippen LogP contribution < -0.4 is 11.1 Å². The van der Waals surface area contributed by atoms with E-state index >= 15 is 0 Å². The molecule has 2 aromatic rings. The number of aromatic nitrogens is 4. The molecule has 0 radical (unpaired) electrons. The molecule has 0 saturated carbocycles. The van der Waals surface area contributed by atoms with Crippen molar-refractivity contribution in [2.24, 2.45) is 0 Å². The van der Waals surface area contributed by atoms with Crippen molar-refractivity contribution in [1.82, 2.24) is 24.9 Å². The van der Waals surface area contributed by atoms with E-state index in [0.29, 0.717) is 36.0 Å². The van der Waals surface area contributed by atoms with Gasteiger partial charge in [-0.2, -0.15) is 10.2 Å². The second-order valence-corrected chi connectivity index (χ2v) is 5.08. The van der Waals surface area contributed by atoms with Gasteiger partial charge in [-0.1, -0.05) is 11.6 Å². The number of halogens is 1. The highest BCUT2D eigenvalue weighted by Crippen LogP contribution is 2.13. The quantitative estimate of drug-likeness (QED) is 0.790. The van der Waals surface area contributed by atoms with Gasteiger partial charge in [0, 0.05) is 19.6 Å². The number of nitrogen functional groups attached to an aromatic ring is 1. The molecule has 8 heteroatoms. The number of nitrogens with zero attached hydrogens (tertiary/aromatic N) is 4. The van der Waals surface area contributed by atoms with Crippen LogP contribution in [0.25, 0.3) is 0 Å². The Morgan fingerprint density at radius 2 is 2.10 bits per heavy atom. The molecule has 0 aliphatic carbocycles. The molecule has 2 rings (SSSR count). The van der Waals surface area contributed by atoms with Gasteiger partial charge < -0.3 is 11.1 Å². The Bertz CT molecular complexity index is 633. The van der Waals surface area contributed by atoms with E-state index in [2.05, 4.69) is 15.5 Å². The van der Waals surface area contributed by atoms with Gasteiger partial charge in [0.05, 0.1) is 28.8 Å². The zero-order chi connectivity index (χ0) is 15.4. The molecule has 2 aromatic heterocycles. The van der Waals surface area contributed by atoms with Crippen LogP contribution in [-0.2, 0) is 13.1 Å². The Morgan fingerprint density at radius 1 is 1.38 bits per heavy atom. The molecule has 0 aliphatic rings. The number of rotatable bonds is 6. The SMILES string of the molecule is CCn1ncc(N)c1C(=O)NCCCn1ncc(Cl)c1C. The third-order valence-corrected chi connectivity index (χ3v) is 3.63. The van der Waals surface area contributed by atoms with E-state index in [-0.39, 0.29) is 5.91 Å². The number of carbonyl (C=O) groups is 1. The third kappa shape index (κ3) is 3.36. The van der Waals surface area contributed by atoms with Crippen molar-refractivity contribution >= 4 is 23.2 Å². The predicted molar refractivity (Wildman–Crippen MR) is 81.2 cm³/mol. The van der Waals surface area contributed by atoms with Crippen molar-refractivity contribution < 1.29 is 4.79 Å². The molecule has 21 heavy (non-hydrogen) atoms. The smallest absolute Gasteiger partial charge is 0.271 e. The highest BCUT2D eigenvalue weighted by atomic mass is 35.5. The van der Waals surface area contributed by atoms with Crippen LogP contribution in [0.15, 0.2) is 12.4 Å². The molecule has 1 amide bonds. The minimum Gasteiger partial charge on any atom is -0.396 e. The molecule has 114 valence electrons. The fourth-order valence-electron chi connectivity index (χ4n) is 2.05. The number of nitrogens with one attached hydrogen (secondary N) is 1. The lowest BCUT2D eigenvalue weighted by Gasteiger charge is -2.08. The van der Waals surface area contributed by atoms with Crippen molar-refractivity contribution in [1.29, 1.82) is 0 Å². The van der Waals surface area contributed by atoms with E-state index in [9.17, 15) is 4.79 Å². The number of hydrogen-bond acceptors (Lipinski definition) is 4. The Balaban J connectivity index is 1.85. The molecule has 0 atom stereocenters. The first kappa shape index (κ1) is 15.4. The molecule has 0 aromatic carbocycles. The van der Waals surface area contributed by atoms with Gasteiger partial charge in [0.2, 0.25) is 0 Å². The molecule has 2 heterocycles. The van der Waals surface area contributed by atoms with E-state index in [1.54, 1.807) is 10.9 Å². The second-order valence-electron chi connectivity index (χ2n) is 4.67. The molecule has 0 saturated heterocycles. The first-order chi connectivity index (χ1) is 10.0. The summed E-state index contributed by atoms with van der Waals surface area (Å²) in [7, 11) is 0. The van der Waals surface area contributed by atoms with Crippen LogP contribution in [0.2, 0.25) is 5.02 Å². The first-order valence-corrected chi connectivity index (χ1v) is 7.19. The molecule has 3 N–H and O–H groups in total. The number of nitrogens with two attached hydrogens (primary N) is 1.